The van der Waals surface area contributed by atoms with E-state index < -0.39 is 11.8 Å². The topological polar surface area (TPSA) is 50.2 Å². The van der Waals surface area contributed by atoms with Gasteiger partial charge in [0.2, 0.25) is 0 Å². The first-order valence-electron chi connectivity index (χ1n) is 4.12. The van der Waals surface area contributed by atoms with Crippen LogP contribution < -0.4 is 0 Å². The Bertz CT molecular complexity index is 510. The molecule has 15 heavy (non-hydrogen) atoms. The third-order valence-electron chi connectivity index (χ3n) is 1.82. The van der Waals surface area contributed by atoms with Gasteiger partial charge in [0.15, 0.2) is 0 Å². The van der Waals surface area contributed by atoms with Crippen LogP contribution in [0.4, 0.5) is 4.39 Å². The number of nitrogens with zero attached hydrogens (tertiary/aromatic N) is 1. The van der Waals surface area contributed by atoms with Crippen LogP contribution in [0.15, 0.2) is 30.5 Å². The number of rotatable bonds is 2. The minimum absolute atomic E-state index is 0.105. The van der Waals surface area contributed by atoms with E-state index in [1.165, 1.54) is 12.3 Å². The zero-order chi connectivity index (χ0) is 10.8. The lowest BCUT2D eigenvalue weighted by Crippen LogP contribution is -1.89. The quantitative estimate of drug-likeness (QED) is 0.851. The van der Waals surface area contributed by atoms with Crippen molar-refractivity contribution in [2.45, 2.75) is 0 Å². The van der Waals surface area contributed by atoms with Crippen molar-refractivity contribution in [3.05, 3.63) is 41.2 Å². The number of carboxylic acid groups (broad SMARTS) is 1. The molecule has 1 aromatic carbocycles. The Morgan fingerprint density at radius 1 is 1.40 bits per heavy atom. The lowest BCUT2D eigenvalue weighted by Gasteiger charge is -1.96. The van der Waals surface area contributed by atoms with Gasteiger partial charge >= 0.3 is 5.97 Å². The number of hydrogen-bond acceptors (Lipinski definition) is 3. The molecule has 0 saturated heterocycles. The second-order valence-electron chi connectivity index (χ2n) is 2.81. The van der Waals surface area contributed by atoms with Crippen LogP contribution >= 0.6 is 11.3 Å². The summed E-state index contributed by atoms with van der Waals surface area (Å²) in [5.74, 6) is -1.45. The average Bonchev–Trinajstić information content (AvgIpc) is 2.67. The lowest BCUT2D eigenvalue weighted by atomic mass is 10.2. The normalized spacial score (nSPS) is 10.2. The van der Waals surface area contributed by atoms with Crippen molar-refractivity contribution in [2.75, 3.05) is 0 Å². The number of hydrogen-bond donors (Lipinski definition) is 1. The Hall–Kier alpha value is -1.75. The minimum Gasteiger partial charge on any atom is -0.477 e. The van der Waals surface area contributed by atoms with Crippen molar-refractivity contribution < 1.29 is 14.3 Å². The second kappa shape index (κ2) is 3.78. The third-order valence-corrected chi connectivity index (χ3v) is 2.84. The van der Waals surface area contributed by atoms with E-state index >= 15 is 0 Å². The van der Waals surface area contributed by atoms with Crippen molar-refractivity contribution in [2.24, 2.45) is 0 Å². The molecule has 5 heteroatoms. The molecule has 0 saturated carbocycles. The fourth-order valence-corrected chi connectivity index (χ4v) is 1.91. The number of carbonyl (C=O) groups is 1. The summed E-state index contributed by atoms with van der Waals surface area (Å²) in [6.07, 6.45) is 1.23. The van der Waals surface area contributed by atoms with Crippen LogP contribution in [-0.4, -0.2) is 16.1 Å². The number of aromatic carboxylic acids is 1. The monoisotopic (exact) mass is 223 g/mol. The molecule has 3 nitrogen and oxygen atoms in total. The first-order valence-corrected chi connectivity index (χ1v) is 4.94. The minimum atomic E-state index is -1.05. The van der Waals surface area contributed by atoms with Crippen LogP contribution in [0, 0.1) is 5.82 Å². The van der Waals surface area contributed by atoms with E-state index in [-0.39, 0.29) is 4.88 Å². The first kappa shape index (κ1) is 9.79. The summed E-state index contributed by atoms with van der Waals surface area (Å²) in [7, 11) is 0. The molecule has 2 rings (SSSR count). The maximum Gasteiger partial charge on any atom is 0.347 e. The number of benzene rings is 1. The summed E-state index contributed by atoms with van der Waals surface area (Å²) in [5, 5.41) is 9.07. The zero-order valence-electron chi connectivity index (χ0n) is 7.48. The summed E-state index contributed by atoms with van der Waals surface area (Å²) in [5.41, 5.74) is 0.329. The highest BCUT2D eigenvalue weighted by Crippen LogP contribution is 2.26. The smallest absolute Gasteiger partial charge is 0.347 e. The van der Waals surface area contributed by atoms with E-state index in [0.29, 0.717) is 10.6 Å². The fraction of sp³-hybridized carbons (Fsp3) is 0. The molecule has 0 fully saturated rings. The van der Waals surface area contributed by atoms with Crippen LogP contribution in [0.2, 0.25) is 0 Å². The number of thiazole rings is 1. The van der Waals surface area contributed by atoms with Crippen LogP contribution in [0.5, 0.6) is 0 Å². The Balaban J connectivity index is 2.46. The van der Waals surface area contributed by atoms with Gasteiger partial charge in [-0.25, -0.2) is 14.2 Å². The molecule has 1 N–H and O–H groups in total. The lowest BCUT2D eigenvalue weighted by molar-refractivity contribution is 0.0702. The van der Waals surface area contributed by atoms with Gasteiger partial charge in [0, 0.05) is 5.56 Å². The number of halogens is 1. The molecule has 0 aliphatic rings. The molecule has 0 aliphatic carbocycles. The molecule has 0 unspecified atom stereocenters. The van der Waals surface area contributed by atoms with E-state index in [1.54, 1.807) is 18.2 Å². The Kier molecular flexibility index (Phi) is 2.47. The first-order chi connectivity index (χ1) is 7.18. The molecule has 0 aliphatic heterocycles. The van der Waals surface area contributed by atoms with Crippen molar-refractivity contribution in [3.63, 3.8) is 0 Å². The predicted molar refractivity (Wildman–Crippen MR) is 54.5 cm³/mol. The standard InChI is InChI=1S/C10H6FNO2S/c11-7-4-2-1-3-6(7)9-12-5-8(15-9)10(13)14/h1-5H,(H,13,14). The van der Waals surface area contributed by atoms with E-state index in [9.17, 15) is 9.18 Å². The molecule has 2 aromatic rings. The molecule has 0 atom stereocenters. The highest BCUT2D eigenvalue weighted by molar-refractivity contribution is 7.16. The summed E-state index contributed by atoms with van der Waals surface area (Å²) in [6.45, 7) is 0. The average molecular weight is 223 g/mol. The number of aromatic nitrogens is 1. The highest BCUT2D eigenvalue weighted by Gasteiger charge is 2.12. The van der Waals surface area contributed by atoms with Crippen molar-refractivity contribution in [3.8, 4) is 10.6 Å². The van der Waals surface area contributed by atoms with E-state index in [2.05, 4.69) is 4.98 Å². The summed E-state index contributed by atoms with van der Waals surface area (Å²) >= 11 is 0.958. The third kappa shape index (κ3) is 1.87. The summed E-state index contributed by atoms with van der Waals surface area (Å²) in [4.78, 5) is 14.6. The Labute approximate surface area is 88.8 Å². The molecular formula is C10H6FNO2S. The van der Waals surface area contributed by atoms with Crippen LogP contribution in [0.1, 0.15) is 9.67 Å². The molecular weight excluding hydrogens is 217 g/mol. The van der Waals surface area contributed by atoms with Gasteiger partial charge in [-0.05, 0) is 12.1 Å². The fourth-order valence-electron chi connectivity index (χ4n) is 1.13. The maximum atomic E-state index is 13.3. The predicted octanol–water partition coefficient (Wildman–Crippen LogP) is 2.65. The molecule has 1 aromatic heterocycles. The van der Waals surface area contributed by atoms with Crippen LogP contribution in [0.3, 0.4) is 0 Å². The van der Waals surface area contributed by atoms with Gasteiger partial charge in [-0.2, -0.15) is 0 Å². The largest absolute Gasteiger partial charge is 0.477 e. The van der Waals surface area contributed by atoms with Crippen LogP contribution in [0.25, 0.3) is 10.6 Å². The number of carboxylic acids is 1. The summed E-state index contributed by atoms with van der Waals surface area (Å²) < 4.78 is 13.3. The van der Waals surface area contributed by atoms with Gasteiger partial charge in [-0.3, -0.25) is 0 Å². The van der Waals surface area contributed by atoms with Gasteiger partial charge in [0.05, 0.1) is 6.20 Å². The van der Waals surface area contributed by atoms with Gasteiger partial charge in [0.1, 0.15) is 15.7 Å². The van der Waals surface area contributed by atoms with Gasteiger partial charge in [-0.1, -0.05) is 12.1 Å². The molecule has 0 bridgehead atoms. The molecule has 0 spiro atoms. The zero-order valence-corrected chi connectivity index (χ0v) is 8.29. The highest BCUT2D eigenvalue weighted by atomic mass is 32.1. The Morgan fingerprint density at radius 3 is 2.73 bits per heavy atom. The van der Waals surface area contributed by atoms with Gasteiger partial charge in [0.25, 0.3) is 0 Å². The van der Waals surface area contributed by atoms with Gasteiger partial charge < -0.3 is 5.11 Å². The molecule has 1 heterocycles. The SMILES string of the molecule is O=C(O)c1cnc(-c2ccccc2F)s1. The van der Waals surface area contributed by atoms with E-state index in [4.69, 9.17) is 5.11 Å². The van der Waals surface area contributed by atoms with Crippen molar-refractivity contribution in [1.82, 2.24) is 4.98 Å². The van der Waals surface area contributed by atoms with E-state index in [0.717, 1.165) is 11.3 Å². The Morgan fingerprint density at radius 2 is 2.13 bits per heavy atom. The maximum absolute atomic E-state index is 13.3. The molecule has 0 radical (unpaired) electrons. The second-order valence-corrected chi connectivity index (χ2v) is 3.85. The van der Waals surface area contributed by atoms with Crippen molar-refractivity contribution in [1.29, 1.82) is 0 Å². The molecule has 0 amide bonds. The van der Waals surface area contributed by atoms with Crippen molar-refractivity contribution >= 4 is 17.3 Å². The van der Waals surface area contributed by atoms with Gasteiger partial charge in [-0.15, -0.1) is 11.3 Å². The molecule has 76 valence electrons. The van der Waals surface area contributed by atoms with E-state index in [1.807, 2.05) is 0 Å². The van der Waals surface area contributed by atoms with Crippen LogP contribution in [-0.2, 0) is 0 Å². The summed E-state index contributed by atoms with van der Waals surface area (Å²) in [6, 6.07) is 6.14.